The molecule has 0 radical (unpaired) electrons. The van der Waals surface area contributed by atoms with Crippen LogP contribution in [0.5, 0.6) is 5.75 Å². The lowest BCUT2D eigenvalue weighted by Crippen LogP contribution is -2.34. The maximum atomic E-state index is 14.0. The molecule has 1 heterocycles. The molecule has 0 saturated carbocycles. The van der Waals surface area contributed by atoms with E-state index in [0.717, 1.165) is 27.6 Å². The zero-order chi connectivity index (χ0) is 28.3. The molecular weight excluding hydrogens is 509 g/mol. The number of fused-ring (bicyclic) bond motifs is 1. The lowest BCUT2D eigenvalue weighted by atomic mass is 9.83. The number of benzene rings is 4. The lowest BCUT2D eigenvalue weighted by Gasteiger charge is -2.29. The normalized spacial score (nSPS) is 11.5. The van der Waals surface area contributed by atoms with Crippen LogP contribution in [0.1, 0.15) is 28.5 Å². The number of esters is 1. The highest BCUT2D eigenvalue weighted by Crippen LogP contribution is 2.46. The van der Waals surface area contributed by atoms with Crippen molar-refractivity contribution in [2.24, 2.45) is 0 Å². The monoisotopic (exact) mass is 539 g/mol. The number of aromatic nitrogens is 1. The third-order valence-electron chi connectivity index (χ3n) is 7.14. The van der Waals surface area contributed by atoms with E-state index in [1.54, 1.807) is 31.2 Å². The van der Waals surface area contributed by atoms with E-state index in [9.17, 15) is 19.4 Å². The molecule has 0 saturated heterocycles. The Labute approximate surface area is 231 Å². The highest BCUT2D eigenvalue weighted by molar-refractivity contribution is 6.04. The molecule has 204 valence electrons. The number of aliphatic hydroxyl groups is 2. The van der Waals surface area contributed by atoms with Crippen molar-refractivity contribution in [1.82, 2.24) is 4.57 Å². The van der Waals surface area contributed by atoms with Crippen molar-refractivity contribution in [2.75, 3.05) is 20.3 Å². The summed E-state index contributed by atoms with van der Waals surface area (Å²) in [6.45, 7) is 1.40. The molecule has 0 aliphatic rings. The summed E-state index contributed by atoms with van der Waals surface area (Å²) in [4.78, 5) is 12.1. The molecular formula is C33H30FNO5. The first-order valence-corrected chi connectivity index (χ1v) is 12.9. The van der Waals surface area contributed by atoms with Gasteiger partial charge in [0.15, 0.2) is 0 Å². The van der Waals surface area contributed by atoms with E-state index in [4.69, 9.17) is 9.47 Å². The van der Waals surface area contributed by atoms with E-state index in [0.29, 0.717) is 29.3 Å². The van der Waals surface area contributed by atoms with Gasteiger partial charge in [-0.05, 0) is 66.6 Å². The van der Waals surface area contributed by atoms with Crippen molar-refractivity contribution >= 4 is 16.9 Å². The maximum absolute atomic E-state index is 14.0. The molecule has 0 aliphatic heterocycles. The number of hydrogen-bond donors (Lipinski definition) is 2. The van der Waals surface area contributed by atoms with Crippen molar-refractivity contribution in [3.63, 3.8) is 0 Å². The zero-order valence-electron chi connectivity index (χ0n) is 22.3. The molecule has 0 spiro atoms. The van der Waals surface area contributed by atoms with Gasteiger partial charge >= 0.3 is 5.97 Å². The van der Waals surface area contributed by atoms with Gasteiger partial charge in [0.1, 0.15) is 18.2 Å². The second-order valence-corrected chi connectivity index (χ2v) is 9.91. The van der Waals surface area contributed by atoms with Crippen LogP contribution >= 0.6 is 0 Å². The topological polar surface area (TPSA) is 80.9 Å². The second-order valence-electron chi connectivity index (χ2n) is 9.91. The van der Waals surface area contributed by atoms with Gasteiger partial charge in [0.2, 0.25) is 0 Å². The fourth-order valence-electron chi connectivity index (χ4n) is 4.97. The second kappa shape index (κ2) is 11.3. The van der Waals surface area contributed by atoms with Crippen LogP contribution in [0.15, 0.2) is 97.1 Å². The molecule has 5 rings (SSSR count). The first-order valence-electron chi connectivity index (χ1n) is 12.9. The number of ether oxygens (including phenoxy) is 2. The van der Waals surface area contributed by atoms with Crippen molar-refractivity contribution < 1.29 is 28.9 Å². The number of rotatable bonds is 9. The average molecular weight is 540 g/mol. The minimum Gasteiger partial charge on any atom is -0.488 e. The molecule has 0 bridgehead atoms. The van der Waals surface area contributed by atoms with E-state index in [1.807, 2.05) is 65.2 Å². The van der Waals surface area contributed by atoms with Gasteiger partial charge in [-0.3, -0.25) is 0 Å². The minimum atomic E-state index is -1.10. The Kier molecular flexibility index (Phi) is 7.69. The molecule has 0 fully saturated rings. The smallest absolute Gasteiger partial charge is 0.337 e. The van der Waals surface area contributed by atoms with E-state index >= 15 is 0 Å². The highest BCUT2D eigenvalue weighted by Gasteiger charge is 2.36. The molecule has 2 N–H and O–H groups in total. The Morgan fingerprint density at radius 2 is 1.55 bits per heavy atom. The molecule has 0 unspecified atom stereocenters. The number of nitrogens with zero attached hydrogens (tertiary/aromatic N) is 1. The van der Waals surface area contributed by atoms with Crippen LogP contribution in [-0.4, -0.2) is 41.1 Å². The largest absolute Gasteiger partial charge is 0.488 e. The minimum absolute atomic E-state index is 0.328. The molecule has 5 aromatic rings. The molecule has 0 aliphatic carbocycles. The molecule has 7 heteroatoms. The number of carbonyl (C=O) groups excluding carboxylic acids is 1. The third-order valence-corrected chi connectivity index (χ3v) is 7.14. The summed E-state index contributed by atoms with van der Waals surface area (Å²) in [5.41, 5.74) is 3.81. The van der Waals surface area contributed by atoms with Gasteiger partial charge in [-0.2, -0.15) is 0 Å². The molecule has 40 heavy (non-hydrogen) atoms. The molecule has 6 nitrogen and oxygen atoms in total. The third kappa shape index (κ3) is 4.97. The number of halogens is 1. The number of carbonyl (C=O) groups is 1. The summed E-state index contributed by atoms with van der Waals surface area (Å²) in [6.07, 6.45) is 0. The summed E-state index contributed by atoms with van der Waals surface area (Å²) in [6, 6.07) is 28.5. The summed E-state index contributed by atoms with van der Waals surface area (Å²) >= 11 is 0. The standard InChI is InChI=1S/C33H30FNO5/c1-33(20-36,21-37)31-29(23-11-13-24(14-12-23)32(38)39-2)30-27(35(31)26-17-15-25(34)16-18-26)9-6-10-28(30)40-19-22-7-4-3-5-8-22/h3-18,36-37H,19-21H2,1-2H3. The SMILES string of the molecule is COC(=O)c1ccc(-c2c(C(C)(CO)CO)n(-c3ccc(F)cc3)c3cccc(OCc4ccccc4)c23)cc1. The van der Waals surface area contributed by atoms with Crippen LogP contribution in [0.2, 0.25) is 0 Å². The first-order chi connectivity index (χ1) is 19.4. The van der Waals surface area contributed by atoms with Crippen molar-refractivity contribution in [3.8, 4) is 22.6 Å². The van der Waals surface area contributed by atoms with Crippen LogP contribution < -0.4 is 4.74 Å². The predicted octanol–water partition coefficient (Wildman–Crippen LogP) is 6.04. The van der Waals surface area contributed by atoms with E-state index in [1.165, 1.54) is 19.2 Å². The van der Waals surface area contributed by atoms with E-state index in [2.05, 4.69) is 0 Å². The van der Waals surface area contributed by atoms with E-state index in [-0.39, 0.29) is 19.0 Å². The van der Waals surface area contributed by atoms with Gasteiger partial charge in [0.25, 0.3) is 0 Å². The van der Waals surface area contributed by atoms with Gasteiger partial charge in [-0.1, -0.05) is 48.5 Å². The lowest BCUT2D eigenvalue weighted by molar-refractivity contribution is 0.0600. The molecule has 0 atom stereocenters. The maximum Gasteiger partial charge on any atom is 0.337 e. The Morgan fingerprint density at radius 1 is 0.875 bits per heavy atom. The number of hydrogen-bond acceptors (Lipinski definition) is 5. The first kappa shape index (κ1) is 27.1. The molecule has 0 amide bonds. The fourth-order valence-corrected chi connectivity index (χ4v) is 4.97. The van der Waals surface area contributed by atoms with Gasteiger partial charge in [0, 0.05) is 16.9 Å². The summed E-state index contributed by atoms with van der Waals surface area (Å²) in [7, 11) is 1.33. The quantitative estimate of drug-likeness (QED) is 0.223. The highest BCUT2D eigenvalue weighted by atomic mass is 19.1. The van der Waals surface area contributed by atoms with Crippen LogP contribution in [0.3, 0.4) is 0 Å². The average Bonchev–Trinajstić information content (AvgIpc) is 3.36. The van der Waals surface area contributed by atoms with Crippen molar-refractivity contribution in [3.05, 3.63) is 120 Å². The van der Waals surface area contributed by atoms with Gasteiger partial charge < -0.3 is 24.3 Å². The van der Waals surface area contributed by atoms with Crippen molar-refractivity contribution in [2.45, 2.75) is 18.9 Å². The van der Waals surface area contributed by atoms with Gasteiger partial charge in [-0.15, -0.1) is 0 Å². The van der Waals surface area contributed by atoms with Crippen LogP contribution in [0.25, 0.3) is 27.7 Å². The Balaban J connectivity index is 1.84. The van der Waals surface area contributed by atoms with Crippen LogP contribution in [-0.2, 0) is 16.8 Å². The van der Waals surface area contributed by atoms with Crippen LogP contribution in [0.4, 0.5) is 4.39 Å². The summed E-state index contributed by atoms with van der Waals surface area (Å²) in [5, 5.41) is 22.0. The summed E-state index contributed by atoms with van der Waals surface area (Å²) in [5.74, 6) is -0.226. The van der Waals surface area contributed by atoms with Gasteiger partial charge in [0.05, 0.1) is 42.2 Å². The zero-order valence-corrected chi connectivity index (χ0v) is 22.3. The Bertz CT molecular complexity index is 1620. The predicted molar refractivity (Wildman–Crippen MR) is 152 cm³/mol. The Hall–Kier alpha value is -4.46. The number of aliphatic hydroxyl groups excluding tert-OH is 2. The number of methoxy groups -OCH3 is 1. The molecule has 1 aromatic heterocycles. The van der Waals surface area contributed by atoms with E-state index < -0.39 is 11.4 Å². The van der Waals surface area contributed by atoms with Crippen LogP contribution in [0, 0.1) is 5.82 Å². The van der Waals surface area contributed by atoms with Gasteiger partial charge in [-0.25, -0.2) is 9.18 Å². The summed E-state index contributed by atoms with van der Waals surface area (Å²) < 4.78 is 27.1. The van der Waals surface area contributed by atoms with Crippen molar-refractivity contribution in [1.29, 1.82) is 0 Å². The Morgan fingerprint density at radius 3 is 2.17 bits per heavy atom. The molecule has 4 aromatic carbocycles. The fraction of sp³-hybridized carbons (Fsp3) is 0.182.